The van der Waals surface area contributed by atoms with Crippen LogP contribution in [0.1, 0.15) is 50.8 Å². The van der Waals surface area contributed by atoms with E-state index in [-0.39, 0.29) is 0 Å². The number of halogens is 1. The lowest BCUT2D eigenvalue weighted by atomic mass is 10.1. The summed E-state index contributed by atoms with van der Waals surface area (Å²) in [5.41, 5.74) is 0. The van der Waals surface area contributed by atoms with Crippen LogP contribution in [-0.2, 0) is 10.1 Å². The number of rotatable bonds is 3. The standard InChI is InChI=1S/C11H18BrN3O/c1-7(2)15-10(5-12)13-14-11(15)9-4-8(3)16-6-9/h7-9H,4-6H2,1-3H3. The average Bonchev–Trinajstić information content (AvgIpc) is 2.82. The predicted octanol–water partition coefficient (Wildman–Crippen LogP) is 2.65. The quantitative estimate of drug-likeness (QED) is 0.803. The van der Waals surface area contributed by atoms with E-state index in [4.69, 9.17) is 4.74 Å². The van der Waals surface area contributed by atoms with Crippen molar-refractivity contribution in [3.8, 4) is 0 Å². The van der Waals surface area contributed by atoms with Crippen molar-refractivity contribution in [2.75, 3.05) is 6.61 Å². The molecule has 2 atom stereocenters. The Labute approximate surface area is 105 Å². The van der Waals surface area contributed by atoms with Gasteiger partial charge in [-0.1, -0.05) is 15.9 Å². The van der Waals surface area contributed by atoms with Gasteiger partial charge in [0, 0.05) is 12.0 Å². The lowest BCUT2D eigenvalue weighted by molar-refractivity contribution is 0.123. The second-order valence-corrected chi connectivity index (χ2v) is 5.21. The highest BCUT2D eigenvalue weighted by Crippen LogP contribution is 2.30. The number of nitrogens with zero attached hydrogens (tertiary/aromatic N) is 3. The van der Waals surface area contributed by atoms with E-state index in [0.717, 1.165) is 30.0 Å². The molecule has 0 radical (unpaired) electrons. The smallest absolute Gasteiger partial charge is 0.143 e. The monoisotopic (exact) mass is 287 g/mol. The van der Waals surface area contributed by atoms with E-state index in [2.05, 4.69) is 51.5 Å². The van der Waals surface area contributed by atoms with E-state index in [9.17, 15) is 0 Å². The molecule has 0 spiro atoms. The summed E-state index contributed by atoms with van der Waals surface area (Å²) >= 11 is 3.46. The van der Waals surface area contributed by atoms with Crippen molar-refractivity contribution in [2.45, 2.75) is 50.6 Å². The molecule has 1 aromatic rings. The molecule has 0 N–H and O–H groups in total. The molecule has 5 heteroatoms. The molecule has 0 bridgehead atoms. The number of ether oxygens (including phenoxy) is 1. The molecule has 2 rings (SSSR count). The zero-order valence-electron chi connectivity index (χ0n) is 9.98. The second kappa shape index (κ2) is 4.84. The summed E-state index contributed by atoms with van der Waals surface area (Å²) in [7, 11) is 0. The molecular formula is C11H18BrN3O. The van der Waals surface area contributed by atoms with Gasteiger partial charge < -0.3 is 9.30 Å². The SMILES string of the molecule is CC1CC(c2nnc(CBr)n2C(C)C)CO1. The molecule has 2 heterocycles. The molecule has 1 aromatic heterocycles. The fourth-order valence-electron chi connectivity index (χ4n) is 2.27. The van der Waals surface area contributed by atoms with Crippen LogP contribution in [0.2, 0.25) is 0 Å². The fraction of sp³-hybridized carbons (Fsp3) is 0.818. The van der Waals surface area contributed by atoms with Crippen LogP contribution < -0.4 is 0 Å². The van der Waals surface area contributed by atoms with Crippen molar-refractivity contribution in [3.63, 3.8) is 0 Å². The van der Waals surface area contributed by atoms with Crippen molar-refractivity contribution >= 4 is 15.9 Å². The van der Waals surface area contributed by atoms with Crippen LogP contribution in [0.15, 0.2) is 0 Å². The summed E-state index contributed by atoms with van der Waals surface area (Å²) < 4.78 is 7.83. The van der Waals surface area contributed by atoms with E-state index in [1.807, 2.05) is 0 Å². The third-order valence-electron chi connectivity index (χ3n) is 2.99. The Morgan fingerprint density at radius 1 is 1.50 bits per heavy atom. The minimum atomic E-state index is 0.342. The highest BCUT2D eigenvalue weighted by atomic mass is 79.9. The first-order chi connectivity index (χ1) is 7.63. The molecule has 0 aliphatic carbocycles. The van der Waals surface area contributed by atoms with E-state index in [0.29, 0.717) is 18.1 Å². The molecule has 0 aromatic carbocycles. The summed E-state index contributed by atoms with van der Waals surface area (Å²) in [5, 5.41) is 9.31. The van der Waals surface area contributed by atoms with Gasteiger partial charge in [0.15, 0.2) is 0 Å². The zero-order valence-corrected chi connectivity index (χ0v) is 11.6. The van der Waals surface area contributed by atoms with Crippen LogP contribution in [0, 0.1) is 0 Å². The highest BCUT2D eigenvalue weighted by Gasteiger charge is 2.29. The van der Waals surface area contributed by atoms with Gasteiger partial charge in [-0.25, -0.2) is 0 Å². The van der Waals surface area contributed by atoms with Crippen LogP contribution >= 0.6 is 15.9 Å². The van der Waals surface area contributed by atoms with Gasteiger partial charge in [-0.3, -0.25) is 0 Å². The van der Waals surface area contributed by atoms with E-state index in [1.165, 1.54) is 0 Å². The Balaban J connectivity index is 2.30. The van der Waals surface area contributed by atoms with Crippen molar-refractivity contribution < 1.29 is 4.74 Å². The van der Waals surface area contributed by atoms with Gasteiger partial charge >= 0.3 is 0 Å². The third kappa shape index (κ3) is 2.15. The van der Waals surface area contributed by atoms with E-state index >= 15 is 0 Å². The summed E-state index contributed by atoms with van der Waals surface area (Å²) in [4.78, 5) is 0. The van der Waals surface area contributed by atoms with Gasteiger partial charge in [-0.05, 0) is 27.2 Å². The Bertz CT molecular complexity index is 364. The molecule has 1 aliphatic rings. The van der Waals surface area contributed by atoms with Gasteiger partial charge in [0.2, 0.25) is 0 Å². The number of hydrogen-bond acceptors (Lipinski definition) is 3. The summed E-state index contributed by atoms with van der Waals surface area (Å²) in [6, 6.07) is 0.397. The van der Waals surface area contributed by atoms with Crippen LogP contribution in [0.3, 0.4) is 0 Å². The van der Waals surface area contributed by atoms with Gasteiger partial charge in [0.05, 0.1) is 18.0 Å². The van der Waals surface area contributed by atoms with Crippen LogP contribution in [-0.4, -0.2) is 27.5 Å². The third-order valence-corrected chi connectivity index (χ3v) is 3.49. The van der Waals surface area contributed by atoms with Crippen molar-refractivity contribution in [2.24, 2.45) is 0 Å². The molecule has 90 valence electrons. The molecule has 1 saturated heterocycles. The van der Waals surface area contributed by atoms with Crippen LogP contribution in [0.4, 0.5) is 0 Å². The lowest BCUT2D eigenvalue weighted by Gasteiger charge is -2.15. The Hall–Kier alpha value is -0.420. The first kappa shape index (κ1) is 12.0. The first-order valence-electron chi connectivity index (χ1n) is 5.74. The Morgan fingerprint density at radius 2 is 2.25 bits per heavy atom. The molecule has 1 aliphatic heterocycles. The average molecular weight is 288 g/mol. The summed E-state index contributed by atoms with van der Waals surface area (Å²) in [6.45, 7) is 7.21. The zero-order chi connectivity index (χ0) is 11.7. The molecule has 0 saturated carbocycles. The topological polar surface area (TPSA) is 39.9 Å². The molecule has 1 fully saturated rings. The molecule has 16 heavy (non-hydrogen) atoms. The summed E-state index contributed by atoms with van der Waals surface area (Å²) in [6.07, 6.45) is 1.39. The maximum atomic E-state index is 5.60. The number of aromatic nitrogens is 3. The van der Waals surface area contributed by atoms with Crippen molar-refractivity contribution in [1.29, 1.82) is 0 Å². The largest absolute Gasteiger partial charge is 0.378 e. The Kier molecular flexibility index (Phi) is 3.64. The second-order valence-electron chi connectivity index (χ2n) is 4.65. The van der Waals surface area contributed by atoms with Crippen LogP contribution in [0.25, 0.3) is 0 Å². The highest BCUT2D eigenvalue weighted by molar-refractivity contribution is 9.08. The maximum Gasteiger partial charge on any atom is 0.143 e. The number of hydrogen-bond donors (Lipinski definition) is 0. The molecule has 4 nitrogen and oxygen atoms in total. The Morgan fingerprint density at radius 3 is 2.75 bits per heavy atom. The number of alkyl halides is 1. The van der Waals surface area contributed by atoms with E-state index < -0.39 is 0 Å². The summed E-state index contributed by atoms with van der Waals surface area (Å²) in [5.74, 6) is 2.48. The van der Waals surface area contributed by atoms with Gasteiger partial charge in [0.25, 0.3) is 0 Å². The minimum Gasteiger partial charge on any atom is -0.378 e. The van der Waals surface area contributed by atoms with Gasteiger partial charge in [-0.2, -0.15) is 0 Å². The molecule has 0 amide bonds. The molecule has 2 unspecified atom stereocenters. The van der Waals surface area contributed by atoms with E-state index in [1.54, 1.807) is 0 Å². The fourth-order valence-corrected chi connectivity index (χ4v) is 2.65. The normalized spacial score (nSPS) is 25.6. The van der Waals surface area contributed by atoms with Gasteiger partial charge in [0.1, 0.15) is 11.6 Å². The van der Waals surface area contributed by atoms with Gasteiger partial charge in [-0.15, -0.1) is 10.2 Å². The maximum absolute atomic E-state index is 5.60. The van der Waals surface area contributed by atoms with Crippen LogP contribution in [0.5, 0.6) is 0 Å². The van der Waals surface area contributed by atoms with Crippen molar-refractivity contribution in [1.82, 2.24) is 14.8 Å². The lowest BCUT2D eigenvalue weighted by Crippen LogP contribution is -2.13. The predicted molar refractivity (Wildman–Crippen MR) is 65.8 cm³/mol. The molecular weight excluding hydrogens is 270 g/mol. The first-order valence-corrected chi connectivity index (χ1v) is 6.86. The minimum absolute atomic E-state index is 0.342. The van der Waals surface area contributed by atoms with Crippen molar-refractivity contribution in [3.05, 3.63) is 11.6 Å².